The second-order valence-electron chi connectivity index (χ2n) is 6.04. The number of ether oxygens (including phenoxy) is 1. The minimum Gasteiger partial charge on any atom is -0.460 e. The lowest BCUT2D eigenvalue weighted by Crippen LogP contribution is -2.27. The predicted octanol–water partition coefficient (Wildman–Crippen LogP) is 1.91. The summed E-state index contributed by atoms with van der Waals surface area (Å²) >= 11 is 0. The molecule has 0 bridgehead atoms. The molecule has 1 heterocycles. The predicted molar refractivity (Wildman–Crippen MR) is 69.6 cm³/mol. The molecule has 0 aliphatic rings. The van der Waals surface area contributed by atoms with Crippen molar-refractivity contribution in [1.82, 2.24) is 10.1 Å². The topological polar surface area (TPSA) is 85.2 Å². The van der Waals surface area contributed by atoms with Crippen LogP contribution in [-0.2, 0) is 16.0 Å². The largest absolute Gasteiger partial charge is 0.460 e. The van der Waals surface area contributed by atoms with Gasteiger partial charge in [-0.2, -0.15) is 0 Å². The van der Waals surface area contributed by atoms with Crippen LogP contribution < -0.4 is 5.76 Å². The third-order valence-electron chi connectivity index (χ3n) is 2.73. The molecule has 6 nitrogen and oxygen atoms in total. The number of carbonyl (C=O) groups excluding carboxylic acids is 1. The molecule has 1 rings (SSSR count). The third-order valence-corrected chi connectivity index (χ3v) is 2.73. The van der Waals surface area contributed by atoms with Crippen LogP contribution >= 0.6 is 0 Å². The van der Waals surface area contributed by atoms with E-state index in [0.717, 1.165) is 0 Å². The Balaban J connectivity index is 2.63. The molecule has 0 fully saturated rings. The molecule has 0 aliphatic heterocycles. The highest BCUT2D eigenvalue weighted by atomic mass is 16.6. The van der Waals surface area contributed by atoms with Crippen LogP contribution in [0, 0.1) is 11.8 Å². The van der Waals surface area contributed by atoms with E-state index in [4.69, 9.17) is 4.74 Å². The standard InChI is InChI=1S/C13H22N2O4/c1-8(2)9(6-10-14-12(17)19-15-10)7-11(16)18-13(3,4)5/h8-9H,6-7H2,1-5H3,(H,14,15,17)/t9-/m1/s1. The SMILES string of the molecule is CC(C)[C@@H](CC(=O)OC(C)(C)C)Cc1noc(=O)[nH]1. The molecule has 6 heteroatoms. The Morgan fingerprint density at radius 1 is 1.42 bits per heavy atom. The Morgan fingerprint density at radius 3 is 2.47 bits per heavy atom. The molecular weight excluding hydrogens is 248 g/mol. The minimum atomic E-state index is -0.574. The van der Waals surface area contributed by atoms with E-state index in [1.165, 1.54) is 0 Å². The zero-order valence-corrected chi connectivity index (χ0v) is 12.1. The first kappa shape index (κ1) is 15.5. The fourth-order valence-corrected chi connectivity index (χ4v) is 1.74. The van der Waals surface area contributed by atoms with Gasteiger partial charge in [-0.25, -0.2) is 4.79 Å². The molecule has 0 amide bonds. The minimum absolute atomic E-state index is 0.0515. The number of carbonyl (C=O) groups is 1. The second-order valence-corrected chi connectivity index (χ2v) is 6.04. The molecule has 0 saturated carbocycles. The van der Waals surface area contributed by atoms with Crippen LogP contribution in [0.2, 0.25) is 0 Å². The normalized spacial score (nSPS) is 13.6. The molecule has 1 atom stereocenters. The van der Waals surface area contributed by atoms with Gasteiger partial charge in [0, 0.05) is 12.8 Å². The molecule has 19 heavy (non-hydrogen) atoms. The number of esters is 1. The van der Waals surface area contributed by atoms with Gasteiger partial charge < -0.3 is 4.74 Å². The van der Waals surface area contributed by atoms with Crippen molar-refractivity contribution in [2.45, 2.75) is 53.1 Å². The summed E-state index contributed by atoms with van der Waals surface area (Å²) in [6.07, 6.45) is 0.784. The summed E-state index contributed by atoms with van der Waals surface area (Å²) in [5.41, 5.74) is -0.485. The molecular formula is C13H22N2O4. The summed E-state index contributed by atoms with van der Waals surface area (Å²) in [6.45, 7) is 9.56. The Bertz CT molecular complexity index is 467. The Kier molecular flexibility index (Phi) is 4.91. The van der Waals surface area contributed by atoms with Crippen molar-refractivity contribution in [3.8, 4) is 0 Å². The highest BCUT2D eigenvalue weighted by Crippen LogP contribution is 2.21. The van der Waals surface area contributed by atoms with Crippen LogP contribution in [-0.4, -0.2) is 21.7 Å². The Labute approximate surface area is 112 Å². The van der Waals surface area contributed by atoms with Crippen LogP contribution in [0.5, 0.6) is 0 Å². The van der Waals surface area contributed by atoms with Crippen LogP contribution in [0.1, 0.15) is 46.9 Å². The van der Waals surface area contributed by atoms with Crippen molar-refractivity contribution in [2.75, 3.05) is 0 Å². The highest BCUT2D eigenvalue weighted by molar-refractivity contribution is 5.70. The molecule has 1 aromatic heterocycles. The summed E-state index contributed by atoms with van der Waals surface area (Å²) < 4.78 is 9.76. The first-order valence-electron chi connectivity index (χ1n) is 6.44. The molecule has 0 unspecified atom stereocenters. The molecule has 108 valence electrons. The maximum Gasteiger partial charge on any atom is 0.438 e. The number of aromatic nitrogens is 2. The maximum atomic E-state index is 11.8. The molecule has 0 spiro atoms. The van der Waals surface area contributed by atoms with E-state index >= 15 is 0 Å². The fourth-order valence-electron chi connectivity index (χ4n) is 1.74. The quantitative estimate of drug-likeness (QED) is 0.826. The monoisotopic (exact) mass is 270 g/mol. The van der Waals surface area contributed by atoms with Gasteiger partial charge in [-0.15, -0.1) is 0 Å². The van der Waals surface area contributed by atoms with Gasteiger partial charge in [0.25, 0.3) is 0 Å². The lowest BCUT2D eigenvalue weighted by atomic mass is 9.89. The van der Waals surface area contributed by atoms with Crippen LogP contribution in [0.4, 0.5) is 0 Å². The first-order chi connectivity index (χ1) is 8.67. The Morgan fingerprint density at radius 2 is 2.05 bits per heavy atom. The van der Waals surface area contributed by atoms with Crippen LogP contribution in [0.3, 0.4) is 0 Å². The van der Waals surface area contributed by atoms with E-state index in [9.17, 15) is 9.59 Å². The van der Waals surface area contributed by atoms with E-state index in [1.807, 2.05) is 34.6 Å². The van der Waals surface area contributed by atoms with Crippen molar-refractivity contribution in [3.63, 3.8) is 0 Å². The summed E-state index contributed by atoms with van der Waals surface area (Å²) in [5, 5.41) is 3.62. The highest BCUT2D eigenvalue weighted by Gasteiger charge is 2.24. The number of rotatable bonds is 5. The van der Waals surface area contributed by atoms with Crippen LogP contribution in [0.25, 0.3) is 0 Å². The van der Waals surface area contributed by atoms with Gasteiger partial charge >= 0.3 is 11.7 Å². The molecule has 0 radical (unpaired) electrons. The number of nitrogens with zero attached hydrogens (tertiary/aromatic N) is 1. The molecule has 1 aromatic rings. The number of aromatic amines is 1. The Hall–Kier alpha value is -1.59. The van der Waals surface area contributed by atoms with Gasteiger partial charge in [-0.05, 0) is 32.6 Å². The van der Waals surface area contributed by atoms with Gasteiger partial charge in [-0.1, -0.05) is 19.0 Å². The summed E-state index contributed by atoms with van der Waals surface area (Å²) in [4.78, 5) is 25.2. The van der Waals surface area contributed by atoms with Crippen molar-refractivity contribution in [2.24, 2.45) is 11.8 Å². The number of nitrogens with one attached hydrogen (secondary N) is 1. The van der Waals surface area contributed by atoms with Crippen molar-refractivity contribution in [3.05, 3.63) is 16.4 Å². The third kappa shape index (κ3) is 5.72. The number of hydrogen-bond acceptors (Lipinski definition) is 5. The van der Waals surface area contributed by atoms with Gasteiger partial charge in [-0.3, -0.25) is 14.3 Å². The second kappa shape index (κ2) is 6.04. The molecule has 0 saturated heterocycles. The molecule has 1 N–H and O–H groups in total. The lowest BCUT2D eigenvalue weighted by molar-refractivity contribution is -0.156. The van der Waals surface area contributed by atoms with E-state index in [2.05, 4.69) is 14.7 Å². The van der Waals surface area contributed by atoms with Crippen molar-refractivity contribution >= 4 is 5.97 Å². The van der Waals surface area contributed by atoms with E-state index in [-0.39, 0.29) is 17.8 Å². The zero-order chi connectivity index (χ0) is 14.6. The number of H-pyrrole nitrogens is 1. The van der Waals surface area contributed by atoms with Gasteiger partial charge in [0.05, 0.1) is 0 Å². The summed E-state index contributed by atoms with van der Waals surface area (Å²) in [5.74, 6) is -0.0256. The lowest BCUT2D eigenvalue weighted by Gasteiger charge is -2.23. The van der Waals surface area contributed by atoms with Gasteiger partial charge in [0.2, 0.25) is 0 Å². The van der Waals surface area contributed by atoms with E-state index < -0.39 is 11.4 Å². The van der Waals surface area contributed by atoms with Crippen molar-refractivity contribution in [1.29, 1.82) is 0 Å². The zero-order valence-electron chi connectivity index (χ0n) is 12.1. The fraction of sp³-hybridized carbons (Fsp3) is 0.769. The van der Waals surface area contributed by atoms with E-state index in [0.29, 0.717) is 18.7 Å². The van der Waals surface area contributed by atoms with Crippen LogP contribution in [0.15, 0.2) is 9.32 Å². The summed E-state index contributed by atoms with van der Waals surface area (Å²) in [6, 6.07) is 0. The maximum absolute atomic E-state index is 11.8. The smallest absolute Gasteiger partial charge is 0.438 e. The van der Waals surface area contributed by atoms with Crippen molar-refractivity contribution < 1.29 is 14.1 Å². The molecule has 0 aliphatic carbocycles. The summed E-state index contributed by atoms with van der Waals surface area (Å²) in [7, 11) is 0. The molecule has 0 aromatic carbocycles. The average Bonchev–Trinajstić information content (AvgIpc) is 2.60. The van der Waals surface area contributed by atoms with Gasteiger partial charge in [0.1, 0.15) is 5.60 Å². The number of hydrogen-bond donors (Lipinski definition) is 1. The van der Waals surface area contributed by atoms with E-state index in [1.54, 1.807) is 0 Å². The average molecular weight is 270 g/mol. The first-order valence-corrected chi connectivity index (χ1v) is 6.44. The van der Waals surface area contributed by atoms with Gasteiger partial charge in [0.15, 0.2) is 5.82 Å².